The zero-order valence-corrected chi connectivity index (χ0v) is 7.62. The summed E-state index contributed by atoms with van der Waals surface area (Å²) in [7, 11) is 0. The highest BCUT2D eigenvalue weighted by Gasteiger charge is 2.03. The molecule has 2 rings (SSSR count). The quantitative estimate of drug-likeness (QED) is 0.701. The van der Waals surface area contributed by atoms with Crippen molar-refractivity contribution in [3.8, 4) is 11.1 Å². The lowest BCUT2D eigenvalue weighted by atomic mass is 10.1. The number of fused-ring (bicyclic) bond motifs is 1. The zero-order valence-electron chi connectivity index (χ0n) is 7.62. The molecule has 0 heterocycles. The van der Waals surface area contributed by atoms with Gasteiger partial charge < -0.3 is 5.11 Å². The monoisotopic (exact) mass is 172 g/mol. The van der Waals surface area contributed by atoms with E-state index in [0.717, 1.165) is 5.56 Å². The SMILES string of the molecule is Cc1ccc2cc(CO)cccc1-2. The van der Waals surface area contributed by atoms with Crippen molar-refractivity contribution in [3.63, 3.8) is 0 Å². The van der Waals surface area contributed by atoms with Crippen LogP contribution >= 0.6 is 0 Å². The van der Waals surface area contributed by atoms with Gasteiger partial charge in [0.05, 0.1) is 6.61 Å². The Bertz CT molecular complexity index is 393. The maximum Gasteiger partial charge on any atom is 0.0682 e. The number of hydrogen-bond acceptors (Lipinski definition) is 1. The Hall–Kier alpha value is -1.34. The summed E-state index contributed by atoms with van der Waals surface area (Å²) in [4.78, 5) is 0. The summed E-state index contributed by atoms with van der Waals surface area (Å²) in [6.45, 7) is 2.20. The Labute approximate surface area is 78.0 Å². The summed E-state index contributed by atoms with van der Waals surface area (Å²) < 4.78 is 0. The summed E-state index contributed by atoms with van der Waals surface area (Å²) in [5, 5.41) is 9.01. The van der Waals surface area contributed by atoms with Crippen molar-refractivity contribution in [1.29, 1.82) is 0 Å². The van der Waals surface area contributed by atoms with Crippen LogP contribution in [0.2, 0.25) is 0 Å². The number of aliphatic hydroxyl groups excluding tert-OH is 1. The van der Waals surface area contributed by atoms with Crippen LogP contribution in [0.4, 0.5) is 0 Å². The molecule has 0 radical (unpaired) electrons. The number of aryl methyl sites for hydroxylation is 1. The molecule has 0 fully saturated rings. The van der Waals surface area contributed by atoms with Crippen molar-refractivity contribution in [2.75, 3.05) is 0 Å². The molecule has 0 bridgehead atoms. The normalized spacial score (nSPS) is 10.6. The molecule has 1 heteroatoms. The summed E-state index contributed by atoms with van der Waals surface area (Å²) in [5.41, 5.74) is 4.71. The first-order chi connectivity index (χ1) is 6.31. The van der Waals surface area contributed by atoms with Crippen LogP contribution in [0.15, 0.2) is 36.4 Å². The Morgan fingerprint density at radius 2 is 2.00 bits per heavy atom. The van der Waals surface area contributed by atoms with Crippen molar-refractivity contribution in [2.45, 2.75) is 13.5 Å². The minimum atomic E-state index is 0.105. The first kappa shape index (κ1) is 8.27. The van der Waals surface area contributed by atoms with Gasteiger partial charge in [0.1, 0.15) is 0 Å². The lowest BCUT2D eigenvalue weighted by molar-refractivity contribution is 0.282. The van der Waals surface area contributed by atoms with Gasteiger partial charge in [-0.25, -0.2) is 0 Å². The molecule has 0 aromatic heterocycles. The van der Waals surface area contributed by atoms with E-state index in [4.69, 9.17) is 5.11 Å². The molecule has 0 unspecified atom stereocenters. The fourth-order valence-electron chi connectivity index (χ4n) is 1.59. The Balaban J connectivity index is 2.63. The highest BCUT2D eigenvalue weighted by molar-refractivity contribution is 5.70. The van der Waals surface area contributed by atoms with Crippen LogP contribution in [-0.2, 0) is 6.61 Å². The maximum atomic E-state index is 9.01. The summed E-state index contributed by atoms with van der Waals surface area (Å²) >= 11 is 0. The van der Waals surface area contributed by atoms with Crippen LogP contribution in [0.5, 0.6) is 0 Å². The lowest BCUT2D eigenvalue weighted by Crippen LogP contribution is -1.77. The number of aliphatic hydroxyl groups is 1. The Kier molecular flexibility index (Phi) is 2.03. The lowest BCUT2D eigenvalue weighted by Gasteiger charge is -1.94. The van der Waals surface area contributed by atoms with Crippen LogP contribution < -0.4 is 0 Å². The summed E-state index contributed by atoms with van der Waals surface area (Å²) in [5.74, 6) is 0. The van der Waals surface area contributed by atoms with Crippen LogP contribution in [0.3, 0.4) is 0 Å². The van der Waals surface area contributed by atoms with Gasteiger partial charge in [0.15, 0.2) is 0 Å². The molecular formula is C12H12O. The third-order valence-electron chi connectivity index (χ3n) is 2.35. The highest BCUT2D eigenvalue weighted by atomic mass is 16.3. The molecule has 0 saturated heterocycles. The molecule has 2 aliphatic carbocycles. The van der Waals surface area contributed by atoms with Gasteiger partial charge in [0, 0.05) is 0 Å². The maximum absolute atomic E-state index is 9.01. The zero-order chi connectivity index (χ0) is 9.26. The third kappa shape index (κ3) is 1.43. The van der Waals surface area contributed by atoms with Crippen LogP contribution in [0, 0.1) is 6.92 Å². The highest BCUT2D eigenvalue weighted by Crippen LogP contribution is 2.26. The Morgan fingerprint density at radius 3 is 2.77 bits per heavy atom. The molecular weight excluding hydrogens is 160 g/mol. The fourth-order valence-corrected chi connectivity index (χ4v) is 1.59. The predicted molar refractivity (Wildman–Crippen MR) is 53.7 cm³/mol. The van der Waals surface area contributed by atoms with Crippen LogP contribution in [-0.4, -0.2) is 5.11 Å². The standard InChI is InChI=1S/C12H12O/c1-9-5-6-11-7-10(8-13)3-2-4-12(9)11/h2-7,13H,8H2,1H3. The van der Waals surface area contributed by atoms with Gasteiger partial charge >= 0.3 is 0 Å². The minimum Gasteiger partial charge on any atom is -0.392 e. The van der Waals surface area contributed by atoms with Crippen molar-refractivity contribution < 1.29 is 5.11 Å². The smallest absolute Gasteiger partial charge is 0.0682 e. The largest absolute Gasteiger partial charge is 0.392 e. The van der Waals surface area contributed by atoms with Crippen molar-refractivity contribution in [3.05, 3.63) is 47.5 Å². The van der Waals surface area contributed by atoms with E-state index in [1.165, 1.54) is 16.7 Å². The molecule has 0 atom stereocenters. The van der Waals surface area contributed by atoms with Crippen molar-refractivity contribution in [2.24, 2.45) is 0 Å². The van der Waals surface area contributed by atoms with E-state index in [1.54, 1.807) is 0 Å². The molecule has 0 aliphatic heterocycles. The topological polar surface area (TPSA) is 20.2 Å². The van der Waals surface area contributed by atoms with E-state index < -0.39 is 0 Å². The first-order valence-electron chi connectivity index (χ1n) is 4.40. The van der Waals surface area contributed by atoms with Gasteiger partial charge in [0.2, 0.25) is 0 Å². The van der Waals surface area contributed by atoms with E-state index in [1.807, 2.05) is 18.2 Å². The molecule has 0 spiro atoms. The van der Waals surface area contributed by atoms with Gasteiger partial charge in [-0.3, -0.25) is 0 Å². The molecule has 0 aromatic carbocycles. The third-order valence-corrected chi connectivity index (χ3v) is 2.35. The minimum absolute atomic E-state index is 0.105. The summed E-state index contributed by atoms with van der Waals surface area (Å²) in [6, 6.07) is 12.2. The predicted octanol–water partition coefficient (Wildman–Crippen LogP) is 2.59. The molecule has 2 aliphatic rings. The molecule has 13 heavy (non-hydrogen) atoms. The van der Waals surface area contributed by atoms with E-state index in [2.05, 4.69) is 25.1 Å². The molecule has 0 saturated carbocycles. The van der Waals surface area contributed by atoms with Gasteiger partial charge in [-0.1, -0.05) is 30.3 Å². The van der Waals surface area contributed by atoms with Crippen molar-refractivity contribution >= 4 is 0 Å². The molecule has 0 amide bonds. The molecule has 0 aromatic rings. The average Bonchev–Trinajstić information content (AvgIpc) is 2.41. The Morgan fingerprint density at radius 1 is 1.15 bits per heavy atom. The molecule has 1 N–H and O–H groups in total. The van der Waals surface area contributed by atoms with E-state index in [-0.39, 0.29) is 6.61 Å². The molecule has 66 valence electrons. The number of rotatable bonds is 1. The second kappa shape index (κ2) is 3.19. The second-order valence-corrected chi connectivity index (χ2v) is 3.29. The second-order valence-electron chi connectivity index (χ2n) is 3.29. The van der Waals surface area contributed by atoms with Crippen LogP contribution in [0.25, 0.3) is 11.1 Å². The molecule has 1 nitrogen and oxygen atoms in total. The number of hydrogen-bond donors (Lipinski definition) is 1. The van der Waals surface area contributed by atoms with Gasteiger partial charge in [-0.2, -0.15) is 0 Å². The van der Waals surface area contributed by atoms with E-state index in [0.29, 0.717) is 0 Å². The first-order valence-corrected chi connectivity index (χ1v) is 4.40. The van der Waals surface area contributed by atoms with Crippen molar-refractivity contribution in [1.82, 2.24) is 0 Å². The fraction of sp³-hybridized carbons (Fsp3) is 0.167. The summed E-state index contributed by atoms with van der Waals surface area (Å²) in [6.07, 6.45) is 0. The van der Waals surface area contributed by atoms with Gasteiger partial charge in [0.25, 0.3) is 0 Å². The van der Waals surface area contributed by atoms with Gasteiger partial charge in [-0.15, -0.1) is 0 Å². The van der Waals surface area contributed by atoms with E-state index >= 15 is 0 Å². The van der Waals surface area contributed by atoms with Crippen LogP contribution in [0.1, 0.15) is 11.1 Å². The van der Waals surface area contributed by atoms with E-state index in [9.17, 15) is 0 Å². The van der Waals surface area contributed by atoms with Gasteiger partial charge in [-0.05, 0) is 35.2 Å². The average molecular weight is 172 g/mol.